The van der Waals surface area contributed by atoms with E-state index in [1.165, 1.54) is 29.2 Å². The van der Waals surface area contributed by atoms with Gasteiger partial charge < -0.3 is 19.9 Å². The summed E-state index contributed by atoms with van der Waals surface area (Å²) >= 11 is 12.6. The number of para-hydroxylation sites is 1. The second kappa shape index (κ2) is 12.0. The van der Waals surface area contributed by atoms with Crippen molar-refractivity contribution in [2.75, 3.05) is 25.1 Å². The number of anilines is 1. The van der Waals surface area contributed by atoms with Crippen LogP contribution in [0.5, 0.6) is 11.5 Å². The molecule has 35 heavy (non-hydrogen) atoms. The SMILES string of the molecule is CCOc1cc(/C=C2\SC(=S)N(CCC(=O)O)C2=O)cc(Cl)c1OCC(=O)Nc1ccccc1F. The average molecular weight is 539 g/mol. The summed E-state index contributed by atoms with van der Waals surface area (Å²) < 4.78 is 25.2. The first-order valence-electron chi connectivity index (χ1n) is 10.3. The number of hydrogen-bond acceptors (Lipinski definition) is 7. The Labute approximate surface area is 215 Å². The zero-order chi connectivity index (χ0) is 25.5. The summed E-state index contributed by atoms with van der Waals surface area (Å²) in [4.78, 5) is 37.2. The Kier molecular flexibility index (Phi) is 9.07. The highest BCUT2D eigenvalue weighted by molar-refractivity contribution is 8.26. The molecule has 0 aromatic heterocycles. The molecule has 1 saturated heterocycles. The van der Waals surface area contributed by atoms with Crippen LogP contribution >= 0.6 is 35.6 Å². The number of carboxylic acids is 1. The molecule has 12 heteroatoms. The molecule has 0 spiro atoms. The fraction of sp³-hybridized carbons (Fsp3) is 0.217. The van der Waals surface area contributed by atoms with Crippen LogP contribution < -0.4 is 14.8 Å². The molecule has 2 N–H and O–H groups in total. The first-order valence-corrected chi connectivity index (χ1v) is 11.9. The molecule has 0 radical (unpaired) electrons. The minimum atomic E-state index is -1.03. The quantitative estimate of drug-likeness (QED) is 0.335. The molecule has 0 bridgehead atoms. The molecule has 1 aliphatic rings. The minimum Gasteiger partial charge on any atom is -0.490 e. The van der Waals surface area contributed by atoms with Crippen molar-refractivity contribution in [3.63, 3.8) is 0 Å². The second-order valence-electron chi connectivity index (χ2n) is 7.06. The number of carboxylic acid groups (broad SMARTS) is 1. The maximum Gasteiger partial charge on any atom is 0.305 e. The smallest absolute Gasteiger partial charge is 0.305 e. The van der Waals surface area contributed by atoms with E-state index < -0.39 is 30.2 Å². The number of rotatable bonds is 10. The highest BCUT2D eigenvalue weighted by Crippen LogP contribution is 2.39. The van der Waals surface area contributed by atoms with Gasteiger partial charge in [-0.1, -0.05) is 47.7 Å². The van der Waals surface area contributed by atoms with Crippen molar-refractivity contribution in [1.29, 1.82) is 0 Å². The van der Waals surface area contributed by atoms with Crippen molar-refractivity contribution in [1.82, 2.24) is 4.90 Å². The van der Waals surface area contributed by atoms with Crippen molar-refractivity contribution in [2.45, 2.75) is 13.3 Å². The number of carbonyl (C=O) groups is 3. The van der Waals surface area contributed by atoms with Crippen LogP contribution in [-0.4, -0.2) is 51.9 Å². The summed E-state index contributed by atoms with van der Waals surface area (Å²) in [6, 6.07) is 8.85. The van der Waals surface area contributed by atoms with Crippen molar-refractivity contribution < 1.29 is 33.4 Å². The van der Waals surface area contributed by atoms with E-state index in [-0.39, 0.29) is 46.1 Å². The molecule has 1 aliphatic heterocycles. The Morgan fingerprint density at radius 1 is 1.29 bits per heavy atom. The van der Waals surface area contributed by atoms with Gasteiger partial charge in [-0.3, -0.25) is 19.3 Å². The lowest BCUT2D eigenvalue weighted by molar-refractivity contribution is -0.137. The molecule has 2 amide bonds. The number of carbonyl (C=O) groups excluding carboxylic acids is 2. The fourth-order valence-electron chi connectivity index (χ4n) is 3.01. The molecule has 0 unspecified atom stereocenters. The first kappa shape index (κ1) is 26.5. The minimum absolute atomic E-state index is 0.0215. The van der Waals surface area contributed by atoms with Gasteiger partial charge in [0.2, 0.25) is 0 Å². The third kappa shape index (κ3) is 6.93. The Hall–Kier alpha value is -3.15. The van der Waals surface area contributed by atoms with Crippen LogP contribution in [0.1, 0.15) is 18.9 Å². The number of hydrogen-bond donors (Lipinski definition) is 2. The van der Waals surface area contributed by atoms with Crippen LogP contribution in [0.15, 0.2) is 41.3 Å². The Morgan fingerprint density at radius 2 is 2.03 bits per heavy atom. The van der Waals surface area contributed by atoms with Gasteiger partial charge in [0.25, 0.3) is 11.8 Å². The van der Waals surface area contributed by atoms with Crippen LogP contribution in [0, 0.1) is 5.82 Å². The third-order valence-electron chi connectivity index (χ3n) is 4.55. The molecule has 1 heterocycles. The zero-order valence-electron chi connectivity index (χ0n) is 18.4. The van der Waals surface area contributed by atoms with E-state index in [1.807, 2.05) is 0 Å². The predicted molar refractivity (Wildman–Crippen MR) is 135 cm³/mol. The highest BCUT2D eigenvalue weighted by Gasteiger charge is 2.32. The van der Waals surface area contributed by atoms with Crippen molar-refractivity contribution in [3.8, 4) is 11.5 Å². The van der Waals surface area contributed by atoms with E-state index in [0.29, 0.717) is 10.5 Å². The van der Waals surface area contributed by atoms with Crippen LogP contribution in [0.2, 0.25) is 5.02 Å². The molecule has 2 aromatic carbocycles. The number of ether oxygens (including phenoxy) is 2. The third-order valence-corrected chi connectivity index (χ3v) is 6.21. The standard InChI is InChI=1S/C23H20ClFN2O6S2/c1-2-32-17-10-13(11-18-22(31)27(23(34)35-18)8-7-20(29)30)9-14(24)21(17)33-12-19(28)26-16-6-4-3-5-15(16)25/h3-6,9-11H,2,7-8,12H2,1H3,(H,26,28)(H,29,30)/b18-11-. The maximum absolute atomic E-state index is 13.7. The molecule has 0 aliphatic carbocycles. The summed E-state index contributed by atoms with van der Waals surface area (Å²) in [5.41, 5.74) is 0.536. The molecule has 1 fully saturated rings. The van der Waals surface area contributed by atoms with Crippen molar-refractivity contribution in [3.05, 3.63) is 57.7 Å². The first-order chi connectivity index (χ1) is 16.7. The van der Waals surface area contributed by atoms with Gasteiger partial charge in [-0.15, -0.1) is 0 Å². The number of benzene rings is 2. The van der Waals surface area contributed by atoms with E-state index in [9.17, 15) is 18.8 Å². The lowest BCUT2D eigenvalue weighted by atomic mass is 10.1. The van der Waals surface area contributed by atoms with Crippen molar-refractivity contribution >= 4 is 69.4 Å². The molecular weight excluding hydrogens is 519 g/mol. The molecular formula is C23H20ClFN2O6S2. The predicted octanol–water partition coefficient (Wildman–Crippen LogP) is 4.57. The molecule has 2 aromatic rings. The van der Waals surface area contributed by atoms with E-state index in [0.717, 1.165) is 11.8 Å². The van der Waals surface area contributed by atoms with E-state index in [1.54, 1.807) is 25.1 Å². The second-order valence-corrected chi connectivity index (χ2v) is 9.14. The molecule has 184 valence electrons. The number of amides is 2. The van der Waals surface area contributed by atoms with Crippen LogP contribution in [-0.2, 0) is 14.4 Å². The van der Waals surface area contributed by atoms with Gasteiger partial charge in [0.1, 0.15) is 10.1 Å². The van der Waals surface area contributed by atoms with Gasteiger partial charge in [-0.05, 0) is 42.8 Å². The average Bonchev–Trinajstić information content (AvgIpc) is 3.05. The van der Waals surface area contributed by atoms with E-state index in [4.69, 9.17) is 38.4 Å². The summed E-state index contributed by atoms with van der Waals surface area (Å²) in [6.07, 6.45) is 1.33. The number of thioether (sulfide) groups is 1. The van der Waals surface area contributed by atoms with Gasteiger partial charge in [0.15, 0.2) is 18.1 Å². The number of thiocarbonyl (C=S) groups is 1. The largest absolute Gasteiger partial charge is 0.490 e. The van der Waals surface area contributed by atoms with Gasteiger partial charge >= 0.3 is 5.97 Å². The summed E-state index contributed by atoms with van der Waals surface area (Å²) in [5.74, 6) is -2.25. The summed E-state index contributed by atoms with van der Waals surface area (Å²) in [6.45, 7) is 1.55. The topological polar surface area (TPSA) is 105 Å². The Balaban J connectivity index is 1.76. The number of nitrogens with zero attached hydrogens (tertiary/aromatic N) is 1. The van der Waals surface area contributed by atoms with Crippen LogP contribution in [0.4, 0.5) is 10.1 Å². The molecule has 3 rings (SSSR count). The van der Waals surface area contributed by atoms with Gasteiger partial charge in [-0.2, -0.15) is 0 Å². The summed E-state index contributed by atoms with van der Waals surface area (Å²) in [5, 5.41) is 11.4. The summed E-state index contributed by atoms with van der Waals surface area (Å²) in [7, 11) is 0. The van der Waals surface area contributed by atoms with E-state index >= 15 is 0 Å². The number of aliphatic carboxylic acids is 1. The lowest BCUT2D eigenvalue weighted by Crippen LogP contribution is -2.30. The zero-order valence-corrected chi connectivity index (χ0v) is 20.8. The molecule has 0 saturated carbocycles. The monoisotopic (exact) mass is 538 g/mol. The van der Waals surface area contributed by atoms with Crippen molar-refractivity contribution in [2.24, 2.45) is 0 Å². The van der Waals surface area contributed by atoms with Gasteiger partial charge in [0, 0.05) is 6.54 Å². The van der Waals surface area contributed by atoms with Gasteiger partial charge in [0.05, 0.1) is 28.6 Å². The molecule has 0 atom stereocenters. The number of nitrogens with one attached hydrogen (secondary N) is 1. The highest BCUT2D eigenvalue weighted by atomic mass is 35.5. The van der Waals surface area contributed by atoms with Crippen LogP contribution in [0.25, 0.3) is 6.08 Å². The lowest BCUT2D eigenvalue weighted by Gasteiger charge is -2.15. The van der Waals surface area contributed by atoms with Crippen LogP contribution in [0.3, 0.4) is 0 Å². The molecule has 8 nitrogen and oxygen atoms in total. The Morgan fingerprint density at radius 3 is 2.71 bits per heavy atom. The Bertz CT molecular complexity index is 1210. The number of halogens is 2. The van der Waals surface area contributed by atoms with Gasteiger partial charge in [-0.25, -0.2) is 4.39 Å². The fourth-order valence-corrected chi connectivity index (χ4v) is 4.59. The maximum atomic E-state index is 13.7. The normalized spacial score (nSPS) is 14.4. The van der Waals surface area contributed by atoms with E-state index in [2.05, 4.69) is 5.32 Å².